The van der Waals surface area contributed by atoms with E-state index in [1.807, 2.05) is 91.0 Å². The molecule has 3 N–H and O–H groups in total. The number of hydrogen-bond acceptors (Lipinski definition) is 5. The highest BCUT2D eigenvalue weighted by Crippen LogP contribution is 2.38. The fourth-order valence-corrected chi connectivity index (χ4v) is 5.03. The number of methoxy groups -OCH3 is 1. The average Bonchev–Trinajstić information content (AvgIpc) is 2.93. The minimum atomic E-state index is -0.499. The fourth-order valence-electron chi connectivity index (χ4n) is 3.71. The Morgan fingerprint density at radius 2 is 1.47 bits per heavy atom. The van der Waals surface area contributed by atoms with Crippen molar-refractivity contribution in [3.05, 3.63) is 114 Å². The first-order valence-corrected chi connectivity index (χ1v) is 13.2. The summed E-state index contributed by atoms with van der Waals surface area (Å²) in [6, 6.07) is 31.8. The van der Waals surface area contributed by atoms with E-state index in [-0.39, 0.29) is 11.7 Å². The Morgan fingerprint density at radius 1 is 0.789 bits per heavy atom. The van der Waals surface area contributed by atoms with Crippen molar-refractivity contribution in [3.8, 4) is 5.75 Å². The Kier molecular flexibility index (Phi) is 9.13. The highest BCUT2D eigenvalue weighted by Gasteiger charge is 2.23. The number of carbonyl (C=O) groups is 2. The largest absolute Gasteiger partial charge is 0.495 e. The second-order valence-corrected chi connectivity index (χ2v) is 9.93. The molecule has 0 radical (unpaired) electrons. The topological polar surface area (TPSA) is 79.5 Å². The Labute approximate surface area is 231 Å². The molecule has 0 saturated heterocycles. The second-order valence-electron chi connectivity index (χ2n) is 8.34. The van der Waals surface area contributed by atoms with Gasteiger partial charge in [-0.3, -0.25) is 9.59 Å². The molecule has 1 amide bonds. The molecule has 4 aromatic carbocycles. The summed E-state index contributed by atoms with van der Waals surface area (Å²) >= 11 is 6.92. The van der Waals surface area contributed by atoms with Crippen LogP contribution in [0.1, 0.15) is 28.1 Å². The second kappa shape index (κ2) is 12.9. The van der Waals surface area contributed by atoms with Crippen LogP contribution in [0.25, 0.3) is 0 Å². The lowest BCUT2D eigenvalue weighted by molar-refractivity contribution is -0.115. The Hall–Kier alpha value is -4.14. The van der Waals surface area contributed by atoms with Crippen LogP contribution in [0.2, 0.25) is 0 Å². The lowest BCUT2D eigenvalue weighted by Crippen LogP contribution is -2.20. The Bertz CT molecular complexity index is 1430. The molecular formula is C30H27N3O3S2. The predicted octanol–water partition coefficient (Wildman–Crippen LogP) is 7.18. The Morgan fingerprint density at radius 3 is 2.18 bits per heavy atom. The van der Waals surface area contributed by atoms with E-state index in [1.54, 1.807) is 19.2 Å². The quantitative estimate of drug-likeness (QED) is 0.118. The summed E-state index contributed by atoms with van der Waals surface area (Å²) < 4.78 is 5.40. The van der Waals surface area contributed by atoms with Gasteiger partial charge in [0, 0.05) is 21.8 Å². The molecule has 4 aromatic rings. The SMILES string of the molecule is COc1ccccc1NC(=O)C(Sc1cccc(NC(=S)Nc2ccc(C(C)=O)cc2)c1)c1ccccc1. The minimum absolute atomic E-state index is 0.0111. The third-order valence-electron chi connectivity index (χ3n) is 5.60. The number of thioether (sulfide) groups is 1. The number of amides is 1. The number of carbonyl (C=O) groups excluding carboxylic acids is 2. The molecule has 1 unspecified atom stereocenters. The highest BCUT2D eigenvalue weighted by atomic mass is 32.2. The zero-order chi connectivity index (χ0) is 26.9. The molecule has 0 bridgehead atoms. The van der Waals surface area contributed by atoms with E-state index in [1.165, 1.54) is 18.7 Å². The summed E-state index contributed by atoms with van der Waals surface area (Å²) in [5.74, 6) is 0.452. The highest BCUT2D eigenvalue weighted by molar-refractivity contribution is 8.00. The number of anilines is 3. The molecule has 192 valence electrons. The third kappa shape index (κ3) is 7.21. The summed E-state index contributed by atoms with van der Waals surface area (Å²) in [6.45, 7) is 1.53. The van der Waals surface area contributed by atoms with Crippen LogP contribution >= 0.6 is 24.0 Å². The van der Waals surface area contributed by atoms with Crippen LogP contribution in [0, 0.1) is 0 Å². The number of hydrogen-bond donors (Lipinski definition) is 3. The van der Waals surface area contributed by atoms with Crippen LogP contribution < -0.4 is 20.7 Å². The number of benzene rings is 4. The van der Waals surface area contributed by atoms with Gasteiger partial charge in [0.15, 0.2) is 10.9 Å². The predicted molar refractivity (Wildman–Crippen MR) is 159 cm³/mol. The maximum Gasteiger partial charge on any atom is 0.242 e. The summed E-state index contributed by atoms with van der Waals surface area (Å²) in [6.07, 6.45) is 0. The van der Waals surface area contributed by atoms with Crippen molar-refractivity contribution < 1.29 is 14.3 Å². The molecule has 0 saturated carbocycles. The van der Waals surface area contributed by atoms with Crippen molar-refractivity contribution in [2.75, 3.05) is 23.1 Å². The number of ketones is 1. The van der Waals surface area contributed by atoms with Gasteiger partial charge in [0.25, 0.3) is 0 Å². The first-order valence-electron chi connectivity index (χ1n) is 11.9. The molecule has 0 aliphatic rings. The van der Waals surface area contributed by atoms with E-state index in [0.29, 0.717) is 22.1 Å². The fraction of sp³-hybridized carbons (Fsp3) is 0.100. The van der Waals surface area contributed by atoms with Crippen molar-refractivity contribution in [3.63, 3.8) is 0 Å². The molecule has 1 atom stereocenters. The number of nitrogens with one attached hydrogen (secondary N) is 3. The van der Waals surface area contributed by atoms with Crippen molar-refractivity contribution in [2.45, 2.75) is 17.1 Å². The number of Topliss-reactive ketones (excluding diaryl/α,β-unsaturated/α-hetero) is 1. The number of para-hydroxylation sites is 2. The van der Waals surface area contributed by atoms with E-state index >= 15 is 0 Å². The van der Waals surface area contributed by atoms with Gasteiger partial charge in [0.2, 0.25) is 5.91 Å². The standard InChI is InChI=1S/C30H27N3O3S2/c1-20(34)21-15-17-23(18-16-21)31-30(37)32-24-11-8-12-25(19-24)38-28(22-9-4-3-5-10-22)29(35)33-26-13-6-7-14-27(26)36-2/h3-19,28H,1-2H3,(H,33,35)(H2,31,32,37). The van der Waals surface area contributed by atoms with Gasteiger partial charge >= 0.3 is 0 Å². The van der Waals surface area contributed by atoms with E-state index in [9.17, 15) is 9.59 Å². The summed E-state index contributed by atoms with van der Waals surface area (Å²) in [7, 11) is 1.58. The summed E-state index contributed by atoms with van der Waals surface area (Å²) in [5.41, 5.74) is 3.70. The van der Waals surface area contributed by atoms with Crippen LogP contribution in [-0.4, -0.2) is 23.9 Å². The molecule has 38 heavy (non-hydrogen) atoms. The molecular weight excluding hydrogens is 514 g/mol. The molecule has 0 fully saturated rings. The molecule has 6 nitrogen and oxygen atoms in total. The van der Waals surface area contributed by atoms with Gasteiger partial charge in [-0.25, -0.2) is 0 Å². The summed E-state index contributed by atoms with van der Waals surface area (Å²) in [4.78, 5) is 25.8. The van der Waals surface area contributed by atoms with Gasteiger partial charge in [0.05, 0.1) is 12.8 Å². The molecule has 0 heterocycles. The average molecular weight is 542 g/mol. The smallest absolute Gasteiger partial charge is 0.242 e. The minimum Gasteiger partial charge on any atom is -0.495 e. The Balaban J connectivity index is 1.48. The zero-order valence-corrected chi connectivity index (χ0v) is 22.6. The van der Waals surface area contributed by atoms with Gasteiger partial charge in [0.1, 0.15) is 11.0 Å². The first kappa shape index (κ1) is 26.9. The van der Waals surface area contributed by atoms with Crippen LogP contribution in [0.5, 0.6) is 5.75 Å². The van der Waals surface area contributed by atoms with E-state index in [4.69, 9.17) is 17.0 Å². The maximum absolute atomic E-state index is 13.5. The lowest BCUT2D eigenvalue weighted by atomic mass is 10.1. The van der Waals surface area contributed by atoms with Crippen molar-refractivity contribution in [1.29, 1.82) is 0 Å². The van der Waals surface area contributed by atoms with Crippen LogP contribution in [0.15, 0.2) is 108 Å². The zero-order valence-electron chi connectivity index (χ0n) is 20.9. The van der Waals surface area contributed by atoms with E-state index in [0.717, 1.165) is 21.8 Å². The molecule has 8 heteroatoms. The van der Waals surface area contributed by atoms with Gasteiger partial charge in [-0.2, -0.15) is 0 Å². The molecule has 0 aliphatic carbocycles. The molecule has 0 aliphatic heterocycles. The number of ether oxygens (including phenoxy) is 1. The van der Waals surface area contributed by atoms with Crippen molar-refractivity contribution >= 4 is 57.8 Å². The van der Waals surface area contributed by atoms with Crippen LogP contribution in [-0.2, 0) is 4.79 Å². The molecule has 0 spiro atoms. The lowest BCUT2D eigenvalue weighted by Gasteiger charge is -2.19. The van der Waals surface area contributed by atoms with E-state index < -0.39 is 5.25 Å². The number of thiocarbonyl (C=S) groups is 1. The maximum atomic E-state index is 13.5. The van der Waals surface area contributed by atoms with Gasteiger partial charge in [-0.15, -0.1) is 11.8 Å². The van der Waals surface area contributed by atoms with Gasteiger partial charge < -0.3 is 20.7 Å². The third-order valence-corrected chi connectivity index (χ3v) is 7.05. The molecule has 0 aromatic heterocycles. The van der Waals surface area contributed by atoms with Gasteiger partial charge in [-0.1, -0.05) is 48.5 Å². The van der Waals surface area contributed by atoms with Crippen molar-refractivity contribution in [1.82, 2.24) is 0 Å². The normalized spacial score (nSPS) is 11.2. The van der Waals surface area contributed by atoms with Crippen LogP contribution in [0.3, 0.4) is 0 Å². The monoisotopic (exact) mass is 541 g/mol. The number of rotatable bonds is 9. The summed E-state index contributed by atoms with van der Waals surface area (Å²) in [5, 5.41) is 9.24. The van der Waals surface area contributed by atoms with Crippen molar-refractivity contribution in [2.24, 2.45) is 0 Å². The van der Waals surface area contributed by atoms with Crippen LogP contribution in [0.4, 0.5) is 17.1 Å². The molecule has 4 rings (SSSR count). The first-order chi connectivity index (χ1) is 18.4. The van der Waals surface area contributed by atoms with E-state index in [2.05, 4.69) is 16.0 Å². The van der Waals surface area contributed by atoms with Gasteiger partial charge in [-0.05, 0) is 79.3 Å².